The van der Waals surface area contributed by atoms with Crippen LogP contribution in [0.25, 0.3) is 48.7 Å². The summed E-state index contributed by atoms with van der Waals surface area (Å²) in [7, 11) is 0. The lowest BCUT2D eigenvalue weighted by Crippen LogP contribution is -1.82. The summed E-state index contributed by atoms with van der Waals surface area (Å²) in [6, 6.07) is 36.3. The summed E-state index contributed by atoms with van der Waals surface area (Å²) in [6.45, 7) is 0. The van der Waals surface area contributed by atoms with Crippen molar-refractivity contribution < 1.29 is 0 Å². The summed E-state index contributed by atoms with van der Waals surface area (Å²) in [5.41, 5.74) is 8.23. The Kier molecular flexibility index (Phi) is 4.00. The van der Waals surface area contributed by atoms with Crippen molar-refractivity contribution in [3.8, 4) is 33.5 Å². The Labute approximate surface area is 178 Å². The standard InChI is InChI=1S/C27H18N2S/c1-3-8-19(9-4-1)21-12-7-13-23(16-21)24-18-29-25-17-22(20-10-5-2-6-11-20)14-15-26(25)30-27(29)28-24/h1-18H. The van der Waals surface area contributed by atoms with Crippen LogP contribution in [0.15, 0.2) is 109 Å². The molecule has 0 N–H and O–H groups in total. The number of nitrogens with zero attached hydrogens (tertiary/aromatic N) is 2. The smallest absolute Gasteiger partial charge is 0.195 e. The van der Waals surface area contributed by atoms with E-state index in [0.29, 0.717) is 0 Å². The lowest BCUT2D eigenvalue weighted by Gasteiger charge is -2.04. The quantitative estimate of drug-likeness (QED) is 0.299. The Morgan fingerprint density at radius 1 is 0.567 bits per heavy atom. The molecule has 0 aliphatic carbocycles. The van der Waals surface area contributed by atoms with E-state index in [-0.39, 0.29) is 0 Å². The maximum atomic E-state index is 4.94. The molecule has 3 heteroatoms. The van der Waals surface area contributed by atoms with Gasteiger partial charge in [0.05, 0.1) is 15.9 Å². The fourth-order valence-corrected chi connectivity index (χ4v) is 4.92. The molecular formula is C27H18N2S. The number of aromatic nitrogens is 2. The Bertz CT molecular complexity index is 1480. The average Bonchev–Trinajstić information content (AvgIpc) is 3.38. The molecule has 0 atom stereocenters. The lowest BCUT2D eigenvalue weighted by atomic mass is 10.0. The molecule has 142 valence electrons. The first-order valence-electron chi connectivity index (χ1n) is 9.98. The Morgan fingerprint density at radius 2 is 1.20 bits per heavy atom. The molecule has 6 rings (SSSR count). The Morgan fingerprint density at radius 3 is 1.93 bits per heavy atom. The van der Waals surface area contributed by atoms with Gasteiger partial charge >= 0.3 is 0 Å². The molecule has 0 unspecified atom stereocenters. The van der Waals surface area contributed by atoms with E-state index in [2.05, 4.69) is 108 Å². The van der Waals surface area contributed by atoms with E-state index in [9.17, 15) is 0 Å². The lowest BCUT2D eigenvalue weighted by molar-refractivity contribution is 1.30. The number of thiazole rings is 1. The van der Waals surface area contributed by atoms with Gasteiger partial charge in [0.15, 0.2) is 4.96 Å². The minimum absolute atomic E-state index is 1.01. The van der Waals surface area contributed by atoms with Crippen LogP contribution in [0, 0.1) is 0 Å². The molecule has 2 heterocycles. The van der Waals surface area contributed by atoms with Crippen molar-refractivity contribution >= 4 is 26.5 Å². The summed E-state index contributed by atoms with van der Waals surface area (Å²) >= 11 is 1.73. The first-order chi connectivity index (χ1) is 14.8. The zero-order valence-electron chi connectivity index (χ0n) is 16.2. The molecule has 30 heavy (non-hydrogen) atoms. The number of benzene rings is 4. The van der Waals surface area contributed by atoms with Crippen LogP contribution >= 0.6 is 11.3 Å². The van der Waals surface area contributed by atoms with Gasteiger partial charge in [0.25, 0.3) is 0 Å². The van der Waals surface area contributed by atoms with Crippen LogP contribution in [0.4, 0.5) is 0 Å². The first kappa shape index (κ1) is 17.2. The zero-order valence-corrected chi connectivity index (χ0v) is 17.0. The van der Waals surface area contributed by atoms with Crippen LogP contribution in [-0.4, -0.2) is 9.38 Å². The van der Waals surface area contributed by atoms with E-state index >= 15 is 0 Å². The van der Waals surface area contributed by atoms with Gasteiger partial charge in [0.1, 0.15) is 0 Å². The van der Waals surface area contributed by atoms with Crippen LogP contribution in [-0.2, 0) is 0 Å². The van der Waals surface area contributed by atoms with E-state index in [1.165, 1.54) is 32.5 Å². The fraction of sp³-hybridized carbons (Fsp3) is 0. The summed E-state index contributed by atoms with van der Waals surface area (Å²) < 4.78 is 3.47. The summed E-state index contributed by atoms with van der Waals surface area (Å²) in [5, 5.41) is 0. The third-order valence-electron chi connectivity index (χ3n) is 5.47. The highest BCUT2D eigenvalue weighted by Crippen LogP contribution is 2.33. The van der Waals surface area contributed by atoms with Crippen LogP contribution < -0.4 is 0 Å². The Balaban J connectivity index is 1.46. The topological polar surface area (TPSA) is 17.3 Å². The van der Waals surface area contributed by atoms with E-state index in [0.717, 1.165) is 16.2 Å². The summed E-state index contributed by atoms with van der Waals surface area (Å²) in [6.07, 6.45) is 2.16. The molecule has 0 spiro atoms. The minimum atomic E-state index is 1.01. The molecule has 0 amide bonds. The number of imidazole rings is 1. The predicted molar refractivity (Wildman–Crippen MR) is 127 cm³/mol. The molecule has 0 fully saturated rings. The van der Waals surface area contributed by atoms with E-state index < -0.39 is 0 Å². The molecular weight excluding hydrogens is 384 g/mol. The van der Waals surface area contributed by atoms with E-state index in [1.807, 2.05) is 6.07 Å². The molecule has 2 nitrogen and oxygen atoms in total. The van der Waals surface area contributed by atoms with Crippen molar-refractivity contribution in [3.05, 3.63) is 109 Å². The number of rotatable bonds is 3. The molecule has 0 radical (unpaired) electrons. The van der Waals surface area contributed by atoms with E-state index in [4.69, 9.17) is 4.98 Å². The number of fused-ring (bicyclic) bond motifs is 3. The zero-order chi connectivity index (χ0) is 19.9. The van der Waals surface area contributed by atoms with Crippen molar-refractivity contribution in [1.29, 1.82) is 0 Å². The fourth-order valence-electron chi connectivity index (χ4n) is 3.94. The third-order valence-corrected chi connectivity index (χ3v) is 6.50. The highest BCUT2D eigenvalue weighted by atomic mass is 32.1. The van der Waals surface area contributed by atoms with Gasteiger partial charge < -0.3 is 0 Å². The van der Waals surface area contributed by atoms with Crippen molar-refractivity contribution in [2.45, 2.75) is 0 Å². The molecule has 0 aliphatic heterocycles. The molecule has 0 saturated heterocycles. The molecule has 0 bridgehead atoms. The van der Waals surface area contributed by atoms with Crippen LogP contribution in [0.3, 0.4) is 0 Å². The first-order valence-corrected chi connectivity index (χ1v) is 10.8. The molecule has 4 aromatic carbocycles. The van der Waals surface area contributed by atoms with Gasteiger partial charge in [-0.3, -0.25) is 4.40 Å². The normalized spacial score (nSPS) is 11.3. The van der Waals surface area contributed by atoms with Crippen molar-refractivity contribution in [1.82, 2.24) is 9.38 Å². The SMILES string of the molecule is c1ccc(-c2cccc(-c3cn4c(n3)sc3ccc(-c5ccccc5)cc34)c2)cc1. The third kappa shape index (κ3) is 2.92. The van der Waals surface area contributed by atoms with Gasteiger partial charge in [-0.2, -0.15) is 0 Å². The van der Waals surface area contributed by atoms with Crippen molar-refractivity contribution in [3.63, 3.8) is 0 Å². The highest BCUT2D eigenvalue weighted by molar-refractivity contribution is 7.23. The maximum absolute atomic E-state index is 4.94. The maximum Gasteiger partial charge on any atom is 0.195 e. The van der Waals surface area contributed by atoms with Crippen molar-refractivity contribution in [2.24, 2.45) is 0 Å². The Hall–Kier alpha value is -3.69. The number of hydrogen-bond acceptors (Lipinski definition) is 2. The van der Waals surface area contributed by atoms with Crippen molar-refractivity contribution in [2.75, 3.05) is 0 Å². The molecule has 0 aliphatic rings. The van der Waals surface area contributed by atoms with Crippen LogP contribution in [0.1, 0.15) is 0 Å². The predicted octanol–water partition coefficient (Wildman–Crippen LogP) is 7.55. The largest absolute Gasteiger partial charge is 0.290 e. The minimum Gasteiger partial charge on any atom is -0.290 e. The average molecular weight is 403 g/mol. The molecule has 6 aromatic rings. The molecule has 2 aromatic heterocycles. The second-order valence-electron chi connectivity index (χ2n) is 7.38. The van der Waals surface area contributed by atoms with E-state index in [1.54, 1.807) is 11.3 Å². The second-order valence-corrected chi connectivity index (χ2v) is 8.39. The number of hydrogen-bond donors (Lipinski definition) is 0. The summed E-state index contributed by atoms with van der Waals surface area (Å²) in [4.78, 5) is 5.96. The van der Waals surface area contributed by atoms with Gasteiger partial charge in [-0.1, -0.05) is 96.3 Å². The van der Waals surface area contributed by atoms with Gasteiger partial charge in [-0.05, 0) is 40.5 Å². The van der Waals surface area contributed by atoms with Gasteiger partial charge in [0.2, 0.25) is 0 Å². The van der Waals surface area contributed by atoms with Crippen LogP contribution in [0.5, 0.6) is 0 Å². The van der Waals surface area contributed by atoms with Gasteiger partial charge in [-0.25, -0.2) is 4.98 Å². The monoisotopic (exact) mass is 402 g/mol. The molecule has 0 saturated carbocycles. The van der Waals surface area contributed by atoms with Gasteiger partial charge in [0, 0.05) is 11.8 Å². The summed E-state index contributed by atoms with van der Waals surface area (Å²) in [5.74, 6) is 0. The highest BCUT2D eigenvalue weighted by Gasteiger charge is 2.12. The van der Waals surface area contributed by atoms with Gasteiger partial charge in [-0.15, -0.1) is 0 Å². The van der Waals surface area contributed by atoms with Crippen LogP contribution in [0.2, 0.25) is 0 Å². The second kappa shape index (κ2) is 6.97.